The Morgan fingerprint density at radius 2 is 1.84 bits per heavy atom. The maximum Gasteiger partial charge on any atom is 0.320 e. The van der Waals surface area contributed by atoms with Crippen molar-refractivity contribution in [2.24, 2.45) is 0 Å². The maximum atomic E-state index is 14.7. The van der Waals surface area contributed by atoms with Crippen molar-refractivity contribution in [2.75, 3.05) is 38.3 Å². The first kappa shape index (κ1) is 20.2. The largest absolute Gasteiger partial charge is 0.467 e. The molecule has 1 aliphatic carbocycles. The first-order valence-electron chi connectivity index (χ1n) is 11.0. The SMILES string of the molecule is COc1nc(N2CCOCC2)cc(-n2ncc3cc(C)c(C4CCCCC4F)cc32)n1. The Morgan fingerprint density at radius 1 is 1.06 bits per heavy atom. The third kappa shape index (κ3) is 3.84. The average molecular weight is 426 g/mol. The number of halogens is 1. The molecule has 164 valence electrons. The van der Waals surface area contributed by atoms with Gasteiger partial charge in [0.15, 0.2) is 5.82 Å². The fourth-order valence-electron chi connectivity index (χ4n) is 4.78. The molecular weight excluding hydrogens is 397 g/mol. The molecule has 5 rings (SSSR count). The Labute approximate surface area is 181 Å². The molecule has 0 amide bonds. The average Bonchev–Trinajstić information content (AvgIpc) is 3.22. The Kier molecular flexibility index (Phi) is 5.48. The van der Waals surface area contributed by atoms with Gasteiger partial charge in [0, 0.05) is 30.5 Å². The number of morpholine rings is 1. The van der Waals surface area contributed by atoms with Gasteiger partial charge >= 0.3 is 6.01 Å². The van der Waals surface area contributed by atoms with E-state index < -0.39 is 6.17 Å². The molecular formula is C23H28FN5O2. The van der Waals surface area contributed by atoms with E-state index in [0.717, 1.165) is 60.2 Å². The standard InChI is InChI=1S/C23H28FN5O2/c1-15-11-16-14-25-29(20(16)12-18(15)17-5-3-4-6-19(17)24)22-13-21(26-23(27-22)30-2)28-7-9-31-10-8-28/h11-14,17,19H,3-10H2,1-2H3. The van der Waals surface area contributed by atoms with Crippen LogP contribution in [-0.4, -0.2) is 59.3 Å². The number of methoxy groups -OCH3 is 1. The predicted molar refractivity (Wildman–Crippen MR) is 117 cm³/mol. The van der Waals surface area contributed by atoms with Crippen molar-refractivity contribution in [3.63, 3.8) is 0 Å². The van der Waals surface area contributed by atoms with Crippen LogP contribution < -0.4 is 9.64 Å². The molecule has 1 aliphatic heterocycles. The lowest BCUT2D eigenvalue weighted by Crippen LogP contribution is -2.36. The van der Waals surface area contributed by atoms with Crippen LogP contribution in [0.4, 0.5) is 10.2 Å². The van der Waals surface area contributed by atoms with Crippen LogP contribution >= 0.6 is 0 Å². The van der Waals surface area contributed by atoms with E-state index in [1.165, 1.54) is 0 Å². The number of anilines is 1. The fourth-order valence-corrected chi connectivity index (χ4v) is 4.78. The Hall–Kier alpha value is -2.74. The summed E-state index contributed by atoms with van der Waals surface area (Å²) in [5.74, 6) is 1.38. The van der Waals surface area contributed by atoms with E-state index in [1.807, 2.05) is 16.9 Å². The number of ether oxygens (including phenoxy) is 2. The second-order valence-electron chi connectivity index (χ2n) is 8.40. The van der Waals surface area contributed by atoms with E-state index >= 15 is 0 Å². The highest BCUT2D eigenvalue weighted by molar-refractivity contribution is 5.82. The summed E-state index contributed by atoms with van der Waals surface area (Å²) in [5, 5.41) is 5.62. The molecule has 2 aliphatic rings. The van der Waals surface area contributed by atoms with Crippen molar-refractivity contribution in [1.29, 1.82) is 0 Å². The van der Waals surface area contributed by atoms with Crippen LogP contribution in [-0.2, 0) is 4.74 Å². The molecule has 2 fully saturated rings. The number of aromatic nitrogens is 4. The van der Waals surface area contributed by atoms with Crippen molar-refractivity contribution in [1.82, 2.24) is 19.7 Å². The summed E-state index contributed by atoms with van der Waals surface area (Å²) in [5.41, 5.74) is 3.12. The number of rotatable bonds is 4. The molecule has 1 aromatic carbocycles. The van der Waals surface area contributed by atoms with Crippen LogP contribution in [0.2, 0.25) is 0 Å². The zero-order valence-corrected chi connectivity index (χ0v) is 18.1. The molecule has 2 atom stereocenters. The summed E-state index contributed by atoms with van der Waals surface area (Å²) in [6.45, 7) is 4.93. The van der Waals surface area contributed by atoms with Gasteiger partial charge in [-0.1, -0.05) is 12.8 Å². The molecule has 8 heteroatoms. The number of benzene rings is 1. The van der Waals surface area contributed by atoms with Crippen molar-refractivity contribution >= 4 is 16.7 Å². The van der Waals surface area contributed by atoms with Gasteiger partial charge in [-0.05, 0) is 43.0 Å². The maximum absolute atomic E-state index is 14.7. The molecule has 3 aromatic rings. The Morgan fingerprint density at radius 3 is 2.61 bits per heavy atom. The van der Waals surface area contributed by atoms with Crippen LogP contribution in [0.25, 0.3) is 16.7 Å². The minimum absolute atomic E-state index is 0.0506. The van der Waals surface area contributed by atoms with Crippen molar-refractivity contribution in [2.45, 2.75) is 44.7 Å². The lowest BCUT2D eigenvalue weighted by molar-refractivity contribution is 0.122. The van der Waals surface area contributed by atoms with Gasteiger partial charge in [0.05, 0.1) is 32.0 Å². The fraction of sp³-hybridized carbons (Fsp3) is 0.522. The number of hydrogen-bond acceptors (Lipinski definition) is 6. The van der Waals surface area contributed by atoms with E-state index in [9.17, 15) is 4.39 Å². The summed E-state index contributed by atoms with van der Waals surface area (Å²) >= 11 is 0. The van der Waals surface area contributed by atoms with E-state index in [4.69, 9.17) is 9.47 Å². The molecule has 7 nitrogen and oxygen atoms in total. The van der Waals surface area contributed by atoms with Crippen LogP contribution in [0.1, 0.15) is 42.7 Å². The topological polar surface area (TPSA) is 65.3 Å². The highest BCUT2D eigenvalue weighted by Gasteiger charge is 2.28. The predicted octanol–water partition coefficient (Wildman–Crippen LogP) is 3.96. The van der Waals surface area contributed by atoms with Gasteiger partial charge in [-0.15, -0.1) is 0 Å². The molecule has 2 aromatic heterocycles. The molecule has 0 bridgehead atoms. The highest BCUT2D eigenvalue weighted by atomic mass is 19.1. The second-order valence-corrected chi connectivity index (χ2v) is 8.40. The molecule has 0 N–H and O–H groups in total. The lowest BCUT2D eigenvalue weighted by atomic mass is 9.80. The van der Waals surface area contributed by atoms with Crippen molar-refractivity contribution < 1.29 is 13.9 Å². The molecule has 1 saturated carbocycles. The summed E-state index contributed by atoms with van der Waals surface area (Å²) in [7, 11) is 1.56. The smallest absolute Gasteiger partial charge is 0.320 e. The lowest BCUT2D eigenvalue weighted by Gasteiger charge is -2.28. The summed E-state index contributed by atoms with van der Waals surface area (Å²) in [6.07, 6.45) is 4.64. The third-order valence-corrected chi connectivity index (χ3v) is 6.45. The summed E-state index contributed by atoms with van der Waals surface area (Å²) < 4.78 is 27.4. The Bertz CT molecular complexity index is 1080. The summed E-state index contributed by atoms with van der Waals surface area (Å²) in [4.78, 5) is 11.2. The van der Waals surface area contributed by atoms with Crippen LogP contribution in [0, 0.1) is 6.92 Å². The van der Waals surface area contributed by atoms with Crippen LogP contribution in [0.3, 0.4) is 0 Å². The molecule has 1 saturated heterocycles. The minimum Gasteiger partial charge on any atom is -0.467 e. The first-order chi connectivity index (χ1) is 15.1. The molecule has 0 radical (unpaired) electrons. The number of fused-ring (bicyclic) bond motifs is 1. The van der Waals surface area contributed by atoms with Gasteiger partial charge in [-0.2, -0.15) is 15.1 Å². The molecule has 2 unspecified atom stereocenters. The minimum atomic E-state index is -0.784. The van der Waals surface area contributed by atoms with Crippen molar-refractivity contribution in [3.05, 3.63) is 35.5 Å². The number of aryl methyl sites for hydroxylation is 1. The van der Waals surface area contributed by atoms with Gasteiger partial charge in [0.2, 0.25) is 0 Å². The quantitative estimate of drug-likeness (QED) is 0.630. The second kappa shape index (κ2) is 8.42. The van der Waals surface area contributed by atoms with Gasteiger partial charge in [-0.3, -0.25) is 0 Å². The van der Waals surface area contributed by atoms with Gasteiger partial charge in [0.25, 0.3) is 0 Å². The monoisotopic (exact) mass is 425 g/mol. The molecule has 0 spiro atoms. The molecule has 31 heavy (non-hydrogen) atoms. The van der Waals surface area contributed by atoms with Crippen LogP contribution in [0.15, 0.2) is 24.4 Å². The highest BCUT2D eigenvalue weighted by Crippen LogP contribution is 2.38. The summed E-state index contributed by atoms with van der Waals surface area (Å²) in [6, 6.07) is 6.43. The zero-order valence-electron chi connectivity index (χ0n) is 18.1. The number of hydrogen-bond donors (Lipinski definition) is 0. The van der Waals surface area contributed by atoms with E-state index in [0.29, 0.717) is 31.5 Å². The van der Waals surface area contributed by atoms with Crippen molar-refractivity contribution in [3.8, 4) is 11.8 Å². The molecule has 3 heterocycles. The van der Waals surface area contributed by atoms with Gasteiger partial charge < -0.3 is 14.4 Å². The third-order valence-electron chi connectivity index (χ3n) is 6.45. The zero-order chi connectivity index (χ0) is 21.4. The van der Waals surface area contributed by atoms with Crippen LogP contribution in [0.5, 0.6) is 6.01 Å². The van der Waals surface area contributed by atoms with Gasteiger partial charge in [0.1, 0.15) is 12.0 Å². The number of alkyl halides is 1. The van der Waals surface area contributed by atoms with E-state index in [1.54, 1.807) is 7.11 Å². The normalized spacial score (nSPS) is 22.1. The number of nitrogens with zero attached hydrogens (tertiary/aromatic N) is 5. The first-order valence-corrected chi connectivity index (χ1v) is 11.0. The van der Waals surface area contributed by atoms with E-state index in [-0.39, 0.29) is 5.92 Å². The van der Waals surface area contributed by atoms with Gasteiger partial charge in [-0.25, -0.2) is 9.07 Å². The van der Waals surface area contributed by atoms with E-state index in [2.05, 4.69) is 39.0 Å². The Balaban J connectivity index is 1.59.